The topological polar surface area (TPSA) is 69.9 Å². The van der Waals surface area contributed by atoms with Gasteiger partial charge in [-0.25, -0.2) is 0 Å². The molecule has 16 heavy (non-hydrogen) atoms. The summed E-state index contributed by atoms with van der Waals surface area (Å²) in [6, 6.07) is 2.43. The summed E-state index contributed by atoms with van der Waals surface area (Å²) in [5.41, 5.74) is 0.558. The van der Waals surface area contributed by atoms with E-state index in [1.165, 1.54) is 12.1 Å². The molecule has 86 valence electrons. The number of aliphatic hydroxyl groups is 1. The summed E-state index contributed by atoms with van der Waals surface area (Å²) in [4.78, 5) is 0. The number of aromatic hydroxyl groups is 2. The Morgan fingerprint density at radius 2 is 2.00 bits per heavy atom. The number of phenols is 2. The molecule has 1 heterocycles. The van der Waals surface area contributed by atoms with Crippen molar-refractivity contribution in [3.05, 3.63) is 17.7 Å². The Hall–Kier alpha value is -1.36. The molecule has 3 N–H and O–H groups in total. The minimum atomic E-state index is -0.622. The molecule has 2 rings (SSSR count). The lowest BCUT2D eigenvalue weighted by molar-refractivity contribution is 0.0623. The number of fused-ring (bicyclic) bond motifs is 1. The van der Waals surface area contributed by atoms with Gasteiger partial charge in [0.2, 0.25) is 0 Å². The normalized spacial score (nSPS) is 23.4. The van der Waals surface area contributed by atoms with Crippen LogP contribution < -0.4 is 4.74 Å². The van der Waals surface area contributed by atoms with Gasteiger partial charge in [0.15, 0.2) is 6.71 Å². The van der Waals surface area contributed by atoms with Crippen molar-refractivity contribution in [3.63, 3.8) is 0 Å². The highest BCUT2D eigenvalue weighted by atomic mass is 16.5. The van der Waals surface area contributed by atoms with E-state index in [9.17, 15) is 15.3 Å². The minimum absolute atomic E-state index is 0.0312. The second-order valence-electron chi connectivity index (χ2n) is 4.54. The number of rotatable bonds is 1. The molecule has 1 aliphatic heterocycles. The molecule has 0 spiro atoms. The van der Waals surface area contributed by atoms with Crippen molar-refractivity contribution >= 4 is 6.71 Å². The largest absolute Gasteiger partial charge is 0.508 e. The van der Waals surface area contributed by atoms with Crippen LogP contribution in [-0.2, 0) is 6.42 Å². The number of phenolic OH excluding ortho intramolecular Hbond substituents is 2. The fraction of sp³-hybridized carbons (Fsp3) is 0.455. The molecular formula is C11H15BO4. The van der Waals surface area contributed by atoms with Crippen LogP contribution in [0.3, 0.4) is 0 Å². The molecule has 0 aliphatic carbocycles. The summed E-state index contributed by atoms with van der Waals surface area (Å²) in [5, 5.41) is 28.9. The summed E-state index contributed by atoms with van der Waals surface area (Å²) in [7, 11) is 0. The molecule has 1 aromatic carbocycles. The molecular weight excluding hydrogens is 207 g/mol. The highest BCUT2D eigenvalue weighted by Gasteiger charge is 2.33. The molecule has 0 saturated heterocycles. The van der Waals surface area contributed by atoms with E-state index >= 15 is 0 Å². The molecule has 0 aromatic heterocycles. The minimum Gasteiger partial charge on any atom is -0.508 e. The van der Waals surface area contributed by atoms with Crippen LogP contribution >= 0.6 is 0 Å². The maximum Gasteiger partial charge on any atom is 0.188 e. The molecule has 5 heteroatoms. The Balaban J connectivity index is 2.39. The van der Waals surface area contributed by atoms with E-state index in [1.807, 2.05) is 13.6 Å². The predicted octanol–water partition coefficient (Wildman–Crippen LogP) is 1.06. The van der Waals surface area contributed by atoms with Crippen LogP contribution in [0.1, 0.15) is 5.56 Å². The van der Waals surface area contributed by atoms with Gasteiger partial charge in [-0.05, 0) is 0 Å². The van der Waals surface area contributed by atoms with Crippen LogP contribution in [0, 0.1) is 0 Å². The fourth-order valence-corrected chi connectivity index (χ4v) is 2.06. The van der Waals surface area contributed by atoms with Crippen LogP contribution in [0.15, 0.2) is 12.1 Å². The molecule has 0 radical (unpaired) electrons. The average Bonchev–Trinajstić information content (AvgIpc) is 2.18. The maximum atomic E-state index is 9.88. The first-order valence-electron chi connectivity index (χ1n) is 5.38. The number of ether oxygens (including phenoxy) is 1. The van der Waals surface area contributed by atoms with E-state index in [0.29, 0.717) is 17.7 Å². The molecule has 4 nitrogen and oxygen atoms in total. The summed E-state index contributed by atoms with van der Waals surface area (Å²) >= 11 is 0. The Morgan fingerprint density at radius 3 is 2.62 bits per heavy atom. The Morgan fingerprint density at radius 1 is 1.31 bits per heavy atom. The second kappa shape index (κ2) is 3.90. The van der Waals surface area contributed by atoms with Crippen LogP contribution in [0.25, 0.3) is 0 Å². The van der Waals surface area contributed by atoms with Crippen LogP contribution in [-0.4, -0.2) is 34.1 Å². The average molecular weight is 222 g/mol. The Bertz CT molecular complexity index is 405. The van der Waals surface area contributed by atoms with E-state index in [4.69, 9.17) is 4.74 Å². The Kier molecular flexibility index (Phi) is 2.72. The lowest BCUT2D eigenvalue weighted by atomic mass is 9.48. The van der Waals surface area contributed by atoms with Crippen molar-refractivity contribution in [1.82, 2.24) is 0 Å². The summed E-state index contributed by atoms with van der Waals surface area (Å²) in [5.74, 6) is 0.396. The first kappa shape index (κ1) is 11.1. The summed E-state index contributed by atoms with van der Waals surface area (Å²) < 4.78 is 5.60. The molecule has 0 amide bonds. The van der Waals surface area contributed by atoms with Gasteiger partial charge in [-0.15, -0.1) is 0 Å². The van der Waals surface area contributed by atoms with E-state index < -0.39 is 6.10 Å². The lowest BCUT2D eigenvalue weighted by Crippen LogP contribution is -2.45. The maximum absolute atomic E-state index is 9.88. The van der Waals surface area contributed by atoms with E-state index in [-0.39, 0.29) is 24.2 Å². The van der Waals surface area contributed by atoms with Gasteiger partial charge in [-0.1, -0.05) is 13.6 Å². The second-order valence-corrected chi connectivity index (χ2v) is 4.54. The zero-order chi connectivity index (χ0) is 11.9. The van der Waals surface area contributed by atoms with Crippen LogP contribution in [0.5, 0.6) is 17.2 Å². The smallest absolute Gasteiger partial charge is 0.188 e. The number of hydrogen-bond donors (Lipinski definition) is 3. The third kappa shape index (κ3) is 1.83. The first-order chi connectivity index (χ1) is 7.49. The van der Waals surface area contributed by atoms with E-state index in [2.05, 4.69) is 0 Å². The highest BCUT2D eigenvalue weighted by molar-refractivity contribution is 6.57. The van der Waals surface area contributed by atoms with Gasteiger partial charge in [0.05, 0.1) is 12.1 Å². The van der Waals surface area contributed by atoms with Gasteiger partial charge >= 0.3 is 0 Å². The fourth-order valence-electron chi connectivity index (χ4n) is 2.06. The highest BCUT2D eigenvalue weighted by Crippen LogP contribution is 2.38. The van der Waals surface area contributed by atoms with E-state index in [0.717, 1.165) is 0 Å². The number of aliphatic hydroxyl groups excluding tert-OH is 1. The van der Waals surface area contributed by atoms with Crippen LogP contribution in [0.4, 0.5) is 0 Å². The standard InChI is InChI=1S/C11H15BO4/c1-12(2)11-9(15)5-7-8(14)3-6(13)4-10(7)16-11/h3-4,9,11,13-15H,5H2,1-2H3. The van der Waals surface area contributed by atoms with Gasteiger partial charge in [0.25, 0.3) is 0 Å². The first-order valence-corrected chi connectivity index (χ1v) is 5.38. The van der Waals surface area contributed by atoms with Gasteiger partial charge in [0.1, 0.15) is 17.2 Å². The molecule has 2 atom stereocenters. The molecule has 0 saturated carbocycles. The van der Waals surface area contributed by atoms with Crippen molar-refractivity contribution in [3.8, 4) is 17.2 Å². The van der Waals surface area contributed by atoms with Crippen LogP contribution in [0.2, 0.25) is 13.6 Å². The lowest BCUT2D eigenvalue weighted by Gasteiger charge is -2.32. The zero-order valence-corrected chi connectivity index (χ0v) is 9.34. The summed E-state index contributed by atoms with van der Waals surface area (Å²) in [6.45, 7) is 4.09. The Labute approximate surface area is 94.6 Å². The third-order valence-corrected chi connectivity index (χ3v) is 2.88. The third-order valence-electron chi connectivity index (χ3n) is 2.88. The van der Waals surface area contributed by atoms with Crippen molar-refractivity contribution in [2.45, 2.75) is 32.2 Å². The molecule has 2 unspecified atom stereocenters. The van der Waals surface area contributed by atoms with Crippen molar-refractivity contribution < 1.29 is 20.1 Å². The molecule has 1 aliphatic rings. The van der Waals surface area contributed by atoms with Crippen molar-refractivity contribution in [2.75, 3.05) is 0 Å². The SMILES string of the molecule is CB(C)C1Oc2cc(O)cc(O)c2CC1O. The zero-order valence-electron chi connectivity index (χ0n) is 9.34. The number of benzene rings is 1. The number of hydrogen-bond acceptors (Lipinski definition) is 4. The molecule has 1 aromatic rings. The van der Waals surface area contributed by atoms with Crippen molar-refractivity contribution in [1.29, 1.82) is 0 Å². The van der Waals surface area contributed by atoms with Gasteiger partial charge < -0.3 is 20.1 Å². The monoisotopic (exact) mass is 222 g/mol. The van der Waals surface area contributed by atoms with Gasteiger partial charge in [-0.2, -0.15) is 0 Å². The van der Waals surface area contributed by atoms with Crippen molar-refractivity contribution in [2.24, 2.45) is 0 Å². The molecule has 0 bridgehead atoms. The quantitative estimate of drug-likeness (QED) is 0.621. The van der Waals surface area contributed by atoms with Gasteiger partial charge in [0, 0.05) is 24.1 Å². The summed E-state index contributed by atoms with van der Waals surface area (Å²) in [6.07, 6.45) is -0.271. The van der Waals surface area contributed by atoms with E-state index in [1.54, 1.807) is 0 Å². The molecule has 0 fully saturated rings. The van der Waals surface area contributed by atoms with Gasteiger partial charge in [-0.3, -0.25) is 0 Å². The predicted molar refractivity (Wildman–Crippen MR) is 61.4 cm³/mol.